The maximum Gasteiger partial charge on any atom is 0.423 e. The Kier molecular flexibility index (Phi) is 7.40. The zero-order chi connectivity index (χ0) is 27.0. The molecule has 2 aliphatic heterocycles. The first-order valence-corrected chi connectivity index (χ1v) is 11.7. The van der Waals surface area contributed by atoms with Gasteiger partial charge in [0.05, 0.1) is 23.4 Å². The fourth-order valence-corrected chi connectivity index (χ4v) is 4.67. The molecular weight excluding hydrogens is 506 g/mol. The highest BCUT2D eigenvalue weighted by Crippen LogP contribution is 2.32. The lowest BCUT2D eigenvalue weighted by Gasteiger charge is -2.44. The van der Waals surface area contributed by atoms with Crippen molar-refractivity contribution in [2.24, 2.45) is 5.92 Å². The van der Waals surface area contributed by atoms with Crippen molar-refractivity contribution in [1.82, 2.24) is 20.0 Å². The molecule has 1 aromatic heterocycles. The topological polar surface area (TPSA) is 84.6 Å². The average molecular weight is 532 g/mol. The SMILES string of the molecule is C[C@@H](CN1CC(C(=O)N2CCN(c3ccc(C(F)(F)F)cc3)CC2)C1)Nc1cn[nH]c(=O)c1C(F)(F)F. The average Bonchev–Trinajstić information content (AvgIpc) is 2.79. The summed E-state index contributed by atoms with van der Waals surface area (Å²) in [6.07, 6.45) is -8.30. The smallest absolute Gasteiger partial charge is 0.379 e. The summed E-state index contributed by atoms with van der Waals surface area (Å²) >= 11 is 0. The van der Waals surface area contributed by atoms with Gasteiger partial charge in [0.2, 0.25) is 5.91 Å². The molecule has 0 saturated carbocycles. The Balaban J connectivity index is 1.23. The minimum Gasteiger partial charge on any atom is -0.379 e. The summed E-state index contributed by atoms with van der Waals surface area (Å²) < 4.78 is 77.9. The van der Waals surface area contributed by atoms with Crippen LogP contribution in [0.25, 0.3) is 0 Å². The van der Waals surface area contributed by atoms with Crippen LogP contribution in [-0.4, -0.2) is 77.8 Å². The van der Waals surface area contributed by atoms with Crippen LogP contribution < -0.4 is 15.8 Å². The van der Waals surface area contributed by atoms with Crippen molar-refractivity contribution in [2.45, 2.75) is 25.3 Å². The lowest BCUT2D eigenvalue weighted by atomic mass is 9.97. The van der Waals surface area contributed by atoms with Crippen molar-refractivity contribution in [3.05, 3.63) is 51.9 Å². The number of nitrogens with one attached hydrogen (secondary N) is 2. The standard InChI is InChI=1S/C23H26F6N6O2/c1-14(31-18-10-30-32-20(36)19(18)23(27,28)29)11-33-12-15(13-33)21(37)35-8-6-34(7-9-35)17-4-2-16(3-5-17)22(24,25)26/h2-5,10,14-15H,6-9,11-13H2,1H3,(H2,31,32,36)/t14-/m0/s1. The number of amides is 1. The summed E-state index contributed by atoms with van der Waals surface area (Å²) in [5.74, 6) is -0.237. The molecule has 2 fully saturated rings. The lowest BCUT2D eigenvalue weighted by molar-refractivity contribution is -0.141. The first kappa shape index (κ1) is 26.8. The second-order valence-electron chi connectivity index (χ2n) is 9.30. The highest BCUT2D eigenvalue weighted by molar-refractivity contribution is 5.80. The summed E-state index contributed by atoms with van der Waals surface area (Å²) in [6, 6.07) is 4.51. The number of nitrogens with zero attached hydrogens (tertiary/aromatic N) is 4. The van der Waals surface area contributed by atoms with Gasteiger partial charge in [0.1, 0.15) is 5.56 Å². The maximum absolute atomic E-state index is 13.2. The van der Waals surface area contributed by atoms with Gasteiger partial charge in [-0.05, 0) is 31.2 Å². The molecule has 8 nitrogen and oxygen atoms in total. The Bertz CT molecular complexity index is 1150. The number of carbonyl (C=O) groups is 1. The van der Waals surface area contributed by atoms with Crippen LogP contribution in [0.2, 0.25) is 0 Å². The molecule has 1 atom stereocenters. The number of likely N-dealkylation sites (tertiary alicyclic amines) is 1. The van der Waals surface area contributed by atoms with Gasteiger partial charge in [-0.1, -0.05) is 0 Å². The summed E-state index contributed by atoms with van der Waals surface area (Å²) in [6.45, 7) is 4.87. The van der Waals surface area contributed by atoms with Crippen LogP contribution >= 0.6 is 0 Å². The van der Waals surface area contributed by atoms with Crippen LogP contribution in [0.5, 0.6) is 0 Å². The molecule has 0 unspecified atom stereocenters. The van der Waals surface area contributed by atoms with Crippen molar-refractivity contribution in [2.75, 3.05) is 56.0 Å². The van der Waals surface area contributed by atoms with Crippen LogP contribution in [0.4, 0.5) is 37.7 Å². The molecule has 2 N–H and O–H groups in total. The fraction of sp³-hybridized carbons (Fsp3) is 0.522. The number of piperazine rings is 1. The number of aromatic nitrogens is 2. The van der Waals surface area contributed by atoms with Crippen LogP contribution in [0.15, 0.2) is 35.3 Å². The zero-order valence-electron chi connectivity index (χ0n) is 19.9. The lowest BCUT2D eigenvalue weighted by Crippen LogP contribution is -2.59. The summed E-state index contributed by atoms with van der Waals surface area (Å²) in [5.41, 5.74) is -3.10. The maximum atomic E-state index is 13.2. The van der Waals surface area contributed by atoms with E-state index in [1.54, 1.807) is 16.9 Å². The second-order valence-corrected chi connectivity index (χ2v) is 9.30. The van der Waals surface area contributed by atoms with E-state index in [1.165, 1.54) is 12.1 Å². The van der Waals surface area contributed by atoms with E-state index < -0.39 is 40.8 Å². The monoisotopic (exact) mass is 532 g/mol. The normalized spacial score (nSPS) is 18.5. The molecule has 4 rings (SSSR count). The zero-order valence-corrected chi connectivity index (χ0v) is 19.9. The molecule has 14 heteroatoms. The molecule has 1 aromatic carbocycles. The van der Waals surface area contributed by atoms with Gasteiger partial charge in [-0.3, -0.25) is 14.5 Å². The third kappa shape index (κ3) is 6.17. The van der Waals surface area contributed by atoms with Crippen molar-refractivity contribution < 1.29 is 31.1 Å². The van der Waals surface area contributed by atoms with E-state index in [2.05, 4.69) is 10.4 Å². The summed E-state index contributed by atoms with van der Waals surface area (Å²) in [5, 5.41) is 7.92. The Hall–Kier alpha value is -3.29. The Morgan fingerprint density at radius 1 is 1.05 bits per heavy atom. The molecule has 1 amide bonds. The van der Waals surface area contributed by atoms with Crippen molar-refractivity contribution in [3.8, 4) is 0 Å². The summed E-state index contributed by atoms with van der Waals surface area (Å²) in [4.78, 5) is 30.1. The Morgan fingerprint density at radius 2 is 1.68 bits per heavy atom. The molecule has 3 heterocycles. The number of H-pyrrole nitrogens is 1. The van der Waals surface area contributed by atoms with Crippen LogP contribution in [0, 0.1) is 5.92 Å². The number of hydrogen-bond acceptors (Lipinski definition) is 6. The predicted molar refractivity (Wildman–Crippen MR) is 123 cm³/mol. The van der Waals surface area contributed by atoms with Gasteiger partial charge in [0, 0.05) is 57.5 Å². The first-order valence-electron chi connectivity index (χ1n) is 11.7. The van der Waals surface area contributed by atoms with Crippen molar-refractivity contribution >= 4 is 17.3 Å². The van der Waals surface area contributed by atoms with Gasteiger partial charge in [-0.2, -0.15) is 31.4 Å². The molecule has 37 heavy (non-hydrogen) atoms. The van der Waals surface area contributed by atoms with E-state index in [0.29, 0.717) is 51.5 Å². The minimum absolute atomic E-state index is 0.0120. The molecule has 0 bridgehead atoms. The fourth-order valence-electron chi connectivity index (χ4n) is 4.67. The third-order valence-electron chi connectivity index (χ3n) is 6.53. The predicted octanol–water partition coefficient (Wildman–Crippen LogP) is 2.89. The number of aromatic amines is 1. The van der Waals surface area contributed by atoms with Gasteiger partial charge in [-0.25, -0.2) is 5.10 Å². The van der Waals surface area contributed by atoms with Gasteiger partial charge in [0.15, 0.2) is 0 Å². The van der Waals surface area contributed by atoms with E-state index in [1.807, 2.05) is 9.80 Å². The van der Waals surface area contributed by atoms with E-state index in [0.717, 1.165) is 18.3 Å². The molecule has 2 aromatic rings. The number of hydrogen-bond donors (Lipinski definition) is 2. The molecular formula is C23H26F6N6O2. The largest absolute Gasteiger partial charge is 0.423 e. The number of halogens is 6. The van der Waals surface area contributed by atoms with E-state index in [-0.39, 0.29) is 11.8 Å². The van der Waals surface area contributed by atoms with E-state index in [4.69, 9.17) is 0 Å². The number of benzene rings is 1. The molecule has 0 aliphatic carbocycles. The molecule has 0 radical (unpaired) electrons. The van der Waals surface area contributed by atoms with Crippen LogP contribution in [-0.2, 0) is 17.1 Å². The van der Waals surface area contributed by atoms with Crippen LogP contribution in [0.1, 0.15) is 18.1 Å². The van der Waals surface area contributed by atoms with Gasteiger partial charge < -0.3 is 15.1 Å². The summed E-state index contributed by atoms with van der Waals surface area (Å²) in [7, 11) is 0. The molecule has 2 saturated heterocycles. The third-order valence-corrected chi connectivity index (χ3v) is 6.53. The molecule has 202 valence electrons. The van der Waals surface area contributed by atoms with Crippen molar-refractivity contribution in [1.29, 1.82) is 0 Å². The number of rotatable bonds is 6. The number of anilines is 2. The number of alkyl halides is 6. The highest BCUT2D eigenvalue weighted by atomic mass is 19.4. The van der Waals surface area contributed by atoms with Gasteiger partial charge in [0.25, 0.3) is 5.56 Å². The minimum atomic E-state index is -4.83. The van der Waals surface area contributed by atoms with E-state index in [9.17, 15) is 35.9 Å². The molecule has 0 spiro atoms. The first-order chi connectivity index (χ1) is 17.3. The van der Waals surface area contributed by atoms with Crippen LogP contribution in [0.3, 0.4) is 0 Å². The highest BCUT2D eigenvalue weighted by Gasteiger charge is 2.39. The molecule has 2 aliphatic rings. The second kappa shape index (κ2) is 10.2. The van der Waals surface area contributed by atoms with Gasteiger partial charge in [-0.15, -0.1) is 0 Å². The Labute approximate surface area is 208 Å². The Morgan fingerprint density at radius 3 is 2.24 bits per heavy atom. The van der Waals surface area contributed by atoms with Gasteiger partial charge >= 0.3 is 12.4 Å². The van der Waals surface area contributed by atoms with Crippen molar-refractivity contribution in [3.63, 3.8) is 0 Å². The number of carbonyl (C=O) groups excluding carboxylic acids is 1. The quantitative estimate of drug-likeness (QED) is 0.557. The van der Waals surface area contributed by atoms with E-state index >= 15 is 0 Å².